The Bertz CT molecular complexity index is 375. The molecule has 0 unspecified atom stereocenters. The Labute approximate surface area is 112 Å². The molecule has 1 aromatic carbocycles. The lowest BCUT2D eigenvalue weighted by Crippen LogP contribution is -2.39. The largest absolute Gasteiger partial charge is 0.326 e. The molecular weight excluding hydrogens is 220 g/mol. The van der Waals surface area contributed by atoms with Gasteiger partial charge in [0.05, 0.1) is 0 Å². The highest BCUT2D eigenvalue weighted by Gasteiger charge is 2.31. The van der Waals surface area contributed by atoms with Crippen molar-refractivity contribution in [2.75, 3.05) is 6.54 Å². The van der Waals surface area contributed by atoms with E-state index in [1.54, 1.807) is 0 Å². The van der Waals surface area contributed by atoms with Gasteiger partial charge in [-0.3, -0.25) is 0 Å². The van der Waals surface area contributed by atoms with Gasteiger partial charge in [-0.05, 0) is 22.0 Å². The number of benzene rings is 1. The van der Waals surface area contributed by atoms with Gasteiger partial charge in [-0.2, -0.15) is 0 Å². The zero-order chi connectivity index (χ0) is 13.8. The summed E-state index contributed by atoms with van der Waals surface area (Å²) in [4.78, 5) is 0. The highest BCUT2D eigenvalue weighted by molar-refractivity contribution is 5.23. The maximum atomic E-state index is 5.65. The Morgan fingerprint density at radius 2 is 1.67 bits per heavy atom. The summed E-state index contributed by atoms with van der Waals surface area (Å²) in [6.45, 7) is 14.1. The lowest BCUT2D eigenvalue weighted by molar-refractivity contribution is 0.129. The van der Waals surface area contributed by atoms with Crippen LogP contribution in [0, 0.1) is 10.8 Å². The first-order valence-electron chi connectivity index (χ1n) is 6.75. The van der Waals surface area contributed by atoms with Gasteiger partial charge in [0.15, 0.2) is 0 Å². The predicted octanol–water partition coefficient (Wildman–Crippen LogP) is 3.31. The second-order valence-corrected chi connectivity index (χ2v) is 6.76. The zero-order valence-electron chi connectivity index (χ0n) is 12.5. The summed E-state index contributed by atoms with van der Waals surface area (Å²) < 4.78 is 0. The molecule has 1 rings (SSSR count). The second-order valence-electron chi connectivity index (χ2n) is 6.76. The third-order valence-electron chi connectivity index (χ3n) is 4.15. The smallest absolute Gasteiger partial charge is 0.0205 e. The molecule has 18 heavy (non-hydrogen) atoms. The van der Waals surface area contributed by atoms with Crippen molar-refractivity contribution in [3.05, 3.63) is 35.4 Å². The highest BCUT2D eigenvalue weighted by atomic mass is 14.9. The van der Waals surface area contributed by atoms with Crippen LogP contribution in [0.1, 0.15) is 45.7 Å². The van der Waals surface area contributed by atoms with Gasteiger partial charge in [0.25, 0.3) is 0 Å². The Hall–Kier alpha value is -0.860. The molecule has 0 spiro atoms. The van der Waals surface area contributed by atoms with Gasteiger partial charge >= 0.3 is 0 Å². The van der Waals surface area contributed by atoms with Gasteiger partial charge in [0, 0.05) is 19.6 Å². The van der Waals surface area contributed by atoms with E-state index in [4.69, 9.17) is 5.73 Å². The molecule has 0 aliphatic heterocycles. The Kier molecular flexibility index (Phi) is 4.94. The van der Waals surface area contributed by atoms with Crippen LogP contribution in [-0.2, 0) is 13.1 Å². The molecule has 0 fully saturated rings. The molecule has 0 bridgehead atoms. The first-order chi connectivity index (χ1) is 8.26. The standard InChI is InChI=1S/C16H28N2/c1-15(2,3)16(4,5)12-18-11-14-8-6-7-13(9-14)10-17/h6-9,18H,10-12,17H2,1-5H3. The topological polar surface area (TPSA) is 38.0 Å². The van der Waals surface area contributed by atoms with Gasteiger partial charge < -0.3 is 11.1 Å². The van der Waals surface area contributed by atoms with Crippen LogP contribution >= 0.6 is 0 Å². The van der Waals surface area contributed by atoms with E-state index in [1.165, 1.54) is 11.1 Å². The number of nitrogens with two attached hydrogens (primary N) is 1. The quantitative estimate of drug-likeness (QED) is 0.839. The summed E-state index contributed by atoms with van der Waals surface area (Å²) in [6, 6.07) is 8.48. The fourth-order valence-electron chi connectivity index (χ4n) is 1.65. The molecule has 2 nitrogen and oxygen atoms in total. The van der Waals surface area contributed by atoms with Gasteiger partial charge in [-0.1, -0.05) is 58.9 Å². The van der Waals surface area contributed by atoms with E-state index < -0.39 is 0 Å². The third-order valence-corrected chi connectivity index (χ3v) is 4.15. The van der Waals surface area contributed by atoms with Crippen LogP contribution in [0.25, 0.3) is 0 Å². The van der Waals surface area contributed by atoms with Crippen molar-refractivity contribution < 1.29 is 0 Å². The molecular formula is C16H28N2. The van der Waals surface area contributed by atoms with Crippen LogP contribution in [0.15, 0.2) is 24.3 Å². The minimum atomic E-state index is 0.276. The van der Waals surface area contributed by atoms with E-state index in [1.807, 2.05) is 0 Å². The molecule has 102 valence electrons. The molecule has 0 heterocycles. The summed E-state index contributed by atoms with van der Waals surface area (Å²) in [7, 11) is 0. The Balaban J connectivity index is 2.51. The van der Waals surface area contributed by atoms with E-state index >= 15 is 0 Å². The fourth-order valence-corrected chi connectivity index (χ4v) is 1.65. The van der Waals surface area contributed by atoms with Crippen molar-refractivity contribution >= 4 is 0 Å². The minimum absolute atomic E-state index is 0.276. The molecule has 2 heteroatoms. The van der Waals surface area contributed by atoms with Crippen LogP contribution in [0.3, 0.4) is 0 Å². The Morgan fingerprint density at radius 1 is 1.06 bits per heavy atom. The summed E-state index contributed by atoms with van der Waals surface area (Å²) in [5.41, 5.74) is 8.74. The molecule has 0 aromatic heterocycles. The van der Waals surface area contributed by atoms with Crippen molar-refractivity contribution in [1.82, 2.24) is 5.32 Å². The van der Waals surface area contributed by atoms with E-state index in [0.29, 0.717) is 12.0 Å². The molecule has 0 saturated carbocycles. The zero-order valence-corrected chi connectivity index (χ0v) is 12.5. The Morgan fingerprint density at radius 3 is 2.22 bits per heavy atom. The van der Waals surface area contributed by atoms with Crippen molar-refractivity contribution in [3.63, 3.8) is 0 Å². The van der Waals surface area contributed by atoms with Crippen molar-refractivity contribution in [1.29, 1.82) is 0 Å². The normalized spacial score (nSPS) is 12.8. The number of hydrogen-bond acceptors (Lipinski definition) is 2. The molecule has 0 aliphatic rings. The van der Waals surface area contributed by atoms with E-state index in [0.717, 1.165) is 13.1 Å². The van der Waals surface area contributed by atoms with E-state index in [-0.39, 0.29) is 5.41 Å². The second kappa shape index (κ2) is 5.85. The first-order valence-corrected chi connectivity index (χ1v) is 6.75. The van der Waals surface area contributed by atoms with Gasteiger partial charge in [0.2, 0.25) is 0 Å². The molecule has 1 aromatic rings. The van der Waals surface area contributed by atoms with Crippen LogP contribution in [0.2, 0.25) is 0 Å². The maximum absolute atomic E-state index is 5.65. The van der Waals surface area contributed by atoms with E-state index in [9.17, 15) is 0 Å². The number of nitrogens with one attached hydrogen (secondary N) is 1. The van der Waals surface area contributed by atoms with Crippen LogP contribution in [0.4, 0.5) is 0 Å². The van der Waals surface area contributed by atoms with Crippen molar-refractivity contribution in [3.8, 4) is 0 Å². The molecule has 0 aliphatic carbocycles. The van der Waals surface area contributed by atoms with Gasteiger partial charge in [-0.25, -0.2) is 0 Å². The monoisotopic (exact) mass is 248 g/mol. The predicted molar refractivity (Wildman–Crippen MR) is 79.3 cm³/mol. The SMILES string of the molecule is CC(C)(C)C(C)(C)CNCc1cccc(CN)c1. The maximum Gasteiger partial charge on any atom is 0.0205 e. The fraction of sp³-hybridized carbons (Fsp3) is 0.625. The summed E-state index contributed by atoms with van der Waals surface area (Å²) in [5.74, 6) is 0. The molecule has 0 saturated heterocycles. The number of rotatable bonds is 5. The van der Waals surface area contributed by atoms with Crippen LogP contribution in [-0.4, -0.2) is 6.54 Å². The van der Waals surface area contributed by atoms with Crippen LogP contribution < -0.4 is 11.1 Å². The third kappa shape index (κ3) is 4.11. The van der Waals surface area contributed by atoms with Gasteiger partial charge in [-0.15, -0.1) is 0 Å². The summed E-state index contributed by atoms with van der Waals surface area (Å²) in [6.07, 6.45) is 0. The number of hydrogen-bond donors (Lipinski definition) is 2. The molecule has 0 amide bonds. The van der Waals surface area contributed by atoms with Crippen molar-refractivity contribution in [2.24, 2.45) is 16.6 Å². The first kappa shape index (κ1) is 15.2. The molecule has 0 radical (unpaired) electrons. The lowest BCUT2D eigenvalue weighted by atomic mass is 9.69. The molecule has 0 atom stereocenters. The van der Waals surface area contributed by atoms with E-state index in [2.05, 4.69) is 64.2 Å². The van der Waals surface area contributed by atoms with Crippen LogP contribution in [0.5, 0.6) is 0 Å². The summed E-state index contributed by atoms with van der Waals surface area (Å²) in [5, 5.41) is 3.56. The average molecular weight is 248 g/mol. The lowest BCUT2D eigenvalue weighted by Gasteiger charge is -2.39. The summed E-state index contributed by atoms with van der Waals surface area (Å²) >= 11 is 0. The van der Waals surface area contributed by atoms with Gasteiger partial charge in [0.1, 0.15) is 0 Å². The van der Waals surface area contributed by atoms with Crippen molar-refractivity contribution in [2.45, 2.75) is 47.7 Å². The average Bonchev–Trinajstić information content (AvgIpc) is 2.27. The minimum Gasteiger partial charge on any atom is -0.326 e. The molecule has 3 N–H and O–H groups in total. The highest BCUT2D eigenvalue weighted by Crippen LogP contribution is 2.36.